The van der Waals surface area contributed by atoms with Gasteiger partial charge in [0.15, 0.2) is 6.61 Å². The van der Waals surface area contributed by atoms with Crippen LogP contribution in [0.4, 0.5) is 0 Å². The quantitative estimate of drug-likeness (QED) is 0.473. The molecular weight excluding hydrogens is 262 g/mol. The first-order chi connectivity index (χ1) is 9.22. The lowest BCUT2D eigenvalue weighted by Crippen LogP contribution is -2.28. The van der Waals surface area contributed by atoms with Crippen molar-refractivity contribution in [3.05, 3.63) is 41.8 Å². The Balaban J connectivity index is 2.22. The molecule has 0 aromatic heterocycles. The molecule has 0 aliphatic rings. The van der Waals surface area contributed by atoms with Crippen LogP contribution in [0.25, 0.3) is 0 Å². The highest BCUT2D eigenvalue weighted by Crippen LogP contribution is 2.17. The summed E-state index contributed by atoms with van der Waals surface area (Å²) in [5, 5.41) is 4.26. The Hall–Kier alpha value is -1.75. The fourth-order valence-electron chi connectivity index (χ4n) is 1.17. The van der Waals surface area contributed by atoms with E-state index < -0.39 is 5.97 Å². The fraction of sp³-hybridized carbons (Fsp3) is 0.286. The van der Waals surface area contributed by atoms with Crippen LogP contribution in [-0.4, -0.2) is 25.0 Å². The lowest BCUT2D eigenvalue weighted by atomic mass is 10.4. The smallest absolute Gasteiger partial charge is 0.331 e. The molecule has 0 unspecified atom stereocenters. The third kappa shape index (κ3) is 7.31. The summed E-state index contributed by atoms with van der Waals surface area (Å²) in [5.41, 5.74) is 0. The third-order valence-electron chi connectivity index (χ3n) is 2.07. The van der Waals surface area contributed by atoms with Gasteiger partial charge < -0.3 is 10.1 Å². The molecule has 0 aliphatic heterocycles. The molecule has 1 aromatic carbocycles. The van der Waals surface area contributed by atoms with Gasteiger partial charge in [-0.05, 0) is 24.0 Å². The second-order valence-electron chi connectivity index (χ2n) is 3.69. The van der Waals surface area contributed by atoms with E-state index in [1.54, 1.807) is 5.41 Å². The van der Waals surface area contributed by atoms with E-state index >= 15 is 0 Å². The van der Waals surface area contributed by atoms with E-state index in [1.165, 1.54) is 17.8 Å². The van der Waals surface area contributed by atoms with Crippen molar-refractivity contribution in [2.45, 2.75) is 18.2 Å². The number of thioether (sulfide) groups is 1. The second kappa shape index (κ2) is 9.22. The van der Waals surface area contributed by atoms with Crippen molar-refractivity contribution in [1.82, 2.24) is 5.32 Å². The van der Waals surface area contributed by atoms with Gasteiger partial charge in [0, 0.05) is 17.5 Å². The van der Waals surface area contributed by atoms with Crippen LogP contribution in [0.5, 0.6) is 0 Å². The molecule has 0 spiro atoms. The molecule has 0 aliphatic carbocycles. The Kier molecular flexibility index (Phi) is 7.43. The number of hydrogen-bond acceptors (Lipinski definition) is 4. The van der Waals surface area contributed by atoms with Crippen molar-refractivity contribution < 1.29 is 14.3 Å². The summed E-state index contributed by atoms with van der Waals surface area (Å²) >= 11 is 1.41. The van der Waals surface area contributed by atoms with Crippen LogP contribution in [0.15, 0.2) is 46.7 Å². The zero-order chi connectivity index (χ0) is 13.9. The van der Waals surface area contributed by atoms with Crippen LogP contribution in [0, 0.1) is 0 Å². The van der Waals surface area contributed by atoms with Crippen molar-refractivity contribution in [1.29, 1.82) is 0 Å². The van der Waals surface area contributed by atoms with E-state index in [9.17, 15) is 9.59 Å². The van der Waals surface area contributed by atoms with Gasteiger partial charge in [-0.15, -0.1) is 0 Å². The highest BCUT2D eigenvalue weighted by atomic mass is 32.2. The summed E-state index contributed by atoms with van der Waals surface area (Å²) in [5.74, 6) is -0.797. The van der Waals surface area contributed by atoms with Crippen molar-refractivity contribution >= 4 is 23.6 Å². The van der Waals surface area contributed by atoms with Gasteiger partial charge in [-0.2, -0.15) is 0 Å². The molecule has 0 saturated carbocycles. The molecule has 1 rings (SSSR count). The van der Waals surface area contributed by atoms with E-state index in [1.807, 2.05) is 37.3 Å². The molecular formula is C14H17NO3S. The lowest BCUT2D eigenvalue weighted by Gasteiger charge is -2.03. The average molecular weight is 279 g/mol. The Morgan fingerprint density at radius 2 is 2.05 bits per heavy atom. The summed E-state index contributed by atoms with van der Waals surface area (Å²) < 4.78 is 4.79. The molecule has 5 heteroatoms. The number of carbonyl (C=O) groups excluding carboxylic acids is 2. The molecule has 0 radical (unpaired) electrons. The second-order valence-corrected chi connectivity index (χ2v) is 4.67. The molecule has 0 atom stereocenters. The van der Waals surface area contributed by atoms with Gasteiger partial charge >= 0.3 is 5.97 Å². The molecule has 0 fully saturated rings. The first-order valence-electron chi connectivity index (χ1n) is 6.04. The molecule has 1 N–H and O–H groups in total. The number of nitrogens with one attached hydrogen (secondary N) is 1. The fourth-order valence-corrected chi connectivity index (χ4v) is 1.82. The standard InChI is InChI=1S/C14H17NO3S/c1-2-9-15-13(16)11-18-14(17)8-10-19-12-6-4-3-5-7-12/h3-8,10H,2,9,11H2,1H3,(H,15,16)/b10-8+. The normalized spacial score (nSPS) is 10.4. The SMILES string of the molecule is CCCNC(=O)COC(=O)/C=C/Sc1ccccc1. The van der Waals surface area contributed by atoms with Crippen molar-refractivity contribution in [3.8, 4) is 0 Å². The number of hydrogen-bond donors (Lipinski definition) is 1. The molecule has 1 amide bonds. The molecule has 0 heterocycles. The van der Waals surface area contributed by atoms with E-state index in [2.05, 4.69) is 5.32 Å². The summed E-state index contributed by atoms with van der Waals surface area (Å²) in [6, 6.07) is 9.66. The van der Waals surface area contributed by atoms with Crippen LogP contribution in [0.3, 0.4) is 0 Å². The van der Waals surface area contributed by atoms with E-state index in [0.717, 1.165) is 11.3 Å². The van der Waals surface area contributed by atoms with Gasteiger partial charge in [-0.3, -0.25) is 4.79 Å². The van der Waals surface area contributed by atoms with Crippen molar-refractivity contribution in [2.75, 3.05) is 13.2 Å². The summed E-state index contributed by atoms with van der Waals surface area (Å²) in [6.07, 6.45) is 2.16. The topological polar surface area (TPSA) is 55.4 Å². The molecule has 4 nitrogen and oxygen atoms in total. The van der Waals surface area contributed by atoms with Gasteiger partial charge in [-0.1, -0.05) is 36.9 Å². The van der Waals surface area contributed by atoms with Crippen molar-refractivity contribution in [3.63, 3.8) is 0 Å². The first-order valence-corrected chi connectivity index (χ1v) is 6.92. The predicted octanol–water partition coefficient (Wildman–Crippen LogP) is 2.36. The van der Waals surface area contributed by atoms with Crippen LogP contribution >= 0.6 is 11.8 Å². The zero-order valence-electron chi connectivity index (χ0n) is 10.8. The van der Waals surface area contributed by atoms with E-state index in [4.69, 9.17) is 4.74 Å². The number of carbonyl (C=O) groups is 2. The number of ether oxygens (including phenoxy) is 1. The van der Waals surface area contributed by atoms with Gasteiger partial charge in [0.2, 0.25) is 0 Å². The molecule has 1 aromatic rings. The minimum Gasteiger partial charge on any atom is -0.452 e. The highest BCUT2D eigenvalue weighted by molar-refractivity contribution is 8.02. The van der Waals surface area contributed by atoms with Crippen LogP contribution in [-0.2, 0) is 14.3 Å². The number of esters is 1. The number of rotatable bonds is 7. The number of amides is 1. The average Bonchev–Trinajstić information content (AvgIpc) is 2.44. The van der Waals surface area contributed by atoms with Gasteiger partial charge in [0.25, 0.3) is 5.91 Å². The minimum absolute atomic E-state index is 0.237. The maximum absolute atomic E-state index is 11.3. The Labute approximate surface area is 117 Å². The molecule has 0 bridgehead atoms. The number of benzene rings is 1. The Morgan fingerprint density at radius 1 is 1.32 bits per heavy atom. The van der Waals surface area contributed by atoms with Crippen molar-refractivity contribution in [2.24, 2.45) is 0 Å². The molecule has 0 saturated heterocycles. The molecule has 102 valence electrons. The van der Waals surface area contributed by atoms with E-state index in [-0.39, 0.29) is 12.5 Å². The summed E-state index contributed by atoms with van der Waals surface area (Å²) in [6.45, 7) is 2.31. The third-order valence-corrected chi connectivity index (χ3v) is 2.89. The largest absolute Gasteiger partial charge is 0.452 e. The minimum atomic E-state index is -0.518. The zero-order valence-corrected chi connectivity index (χ0v) is 11.6. The maximum Gasteiger partial charge on any atom is 0.331 e. The van der Waals surface area contributed by atoms with Crippen LogP contribution in [0.2, 0.25) is 0 Å². The summed E-state index contributed by atoms with van der Waals surface area (Å²) in [7, 11) is 0. The predicted molar refractivity (Wildman–Crippen MR) is 75.7 cm³/mol. The van der Waals surface area contributed by atoms with Gasteiger partial charge in [0.1, 0.15) is 0 Å². The Morgan fingerprint density at radius 3 is 2.74 bits per heavy atom. The highest BCUT2D eigenvalue weighted by Gasteiger charge is 2.03. The van der Waals surface area contributed by atoms with Gasteiger partial charge in [0.05, 0.1) is 0 Å². The first kappa shape index (κ1) is 15.3. The Bertz CT molecular complexity index is 432. The maximum atomic E-state index is 11.3. The lowest BCUT2D eigenvalue weighted by molar-refractivity contribution is -0.143. The molecule has 19 heavy (non-hydrogen) atoms. The summed E-state index contributed by atoms with van der Waals surface area (Å²) in [4.78, 5) is 23.5. The monoisotopic (exact) mass is 279 g/mol. The van der Waals surface area contributed by atoms with Crippen LogP contribution in [0.1, 0.15) is 13.3 Å². The van der Waals surface area contributed by atoms with Crippen LogP contribution < -0.4 is 5.32 Å². The van der Waals surface area contributed by atoms with Gasteiger partial charge in [-0.25, -0.2) is 4.79 Å². The van der Waals surface area contributed by atoms with E-state index in [0.29, 0.717) is 6.54 Å².